The van der Waals surface area contributed by atoms with Crippen LogP contribution in [0.2, 0.25) is 0 Å². The average molecular weight is 298 g/mol. The summed E-state index contributed by atoms with van der Waals surface area (Å²) in [6, 6.07) is 4.66. The fourth-order valence-corrected chi connectivity index (χ4v) is 3.48. The Morgan fingerprint density at radius 1 is 1.50 bits per heavy atom. The van der Waals surface area contributed by atoms with Crippen LogP contribution in [0.5, 0.6) is 5.75 Å². The van der Waals surface area contributed by atoms with Gasteiger partial charge in [-0.25, -0.2) is 0 Å². The first kappa shape index (κ1) is 14.8. The maximum atomic E-state index is 11.8. The summed E-state index contributed by atoms with van der Waals surface area (Å²) in [6.07, 6.45) is 4.74. The molecule has 1 aromatic rings. The van der Waals surface area contributed by atoms with Gasteiger partial charge in [-0.15, -0.1) is 0 Å². The van der Waals surface area contributed by atoms with Crippen molar-refractivity contribution in [2.45, 2.75) is 24.0 Å². The molecule has 0 spiro atoms. The third-order valence-electron chi connectivity index (χ3n) is 3.87. The van der Waals surface area contributed by atoms with Gasteiger partial charge in [-0.3, -0.25) is 14.3 Å². The van der Waals surface area contributed by atoms with Crippen LogP contribution in [0.1, 0.15) is 19.3 Å². The zero-order chi connectivity index (χ0) is 14.8. The van der Waals surface area contributed by atoms with Crippen molar-refractivity contribution in [1.82, 2.24) is 0 Å². The Morgan fingerprint density at radius 2 is 2.20 bits per heavy atom. The zero-order valence-corrected chi connectivity index (χ0v) is 12.4. The van der Waals surface area contributed by atoms with Gasteiger partial charge in [-0.05, 0) is 18.9 Å². The normalized spacial score (nSPS) is 17.9. The first-order valence-electron chi connectivity index (χ1n) is 6.38. The Morgan fingerprint density at radius 3 is 2.65 bits per heavy atom. The second-order valence-electron chi connectivity index (χ2n) is 4.99. The predicted octanol–water partition coefficient (Wildman–Crippen LogP) is 2.32. The number of ether oxygens (including phenoxy) is 1. The summed E-state index contributed by atoms with van der Waals surface area (Å²) in [5, 5.41) is 14.0. The molecule has 0 bridgehead atoms. The first-order chi connectivity index (χ1) is 9.48. The molecular formula is C13H18N2O4S. The number of nitrogens with one attached hydrogen (secondary N) is 1. The first-order valence-corrected chi connectivity index (χ1v) is 7.94. The predicted molar refractivity (Wildman–Crippen MR) is 78.8 cm³/mol. The van der Waals surface area contributed by atoms with Crippen molar-refractivity contribution >= 4 is 22.2 Å². The summed E-state index contributed by atoms with van der Waals surface area (Å²) in [5.74, 6) is 0.222. The van der Waals surface area contributed by atoms with E-state index in [-0.39, 0.29) is 16.2 Å². The highest BCUT2D eigenvalue weighted by Crippen LogP contribution is 2.37. The minimum Gasteiger partial charge on any atom is -0.490 e. The van der Waals surface area contributed by atoms with E-state index in [0.29, 0.717) is 6.54 Å². The fraction of sp³-hybridized carbons (Fsp3) is 0.538. The van der Waals surface area contributed by atoms with Crippen LogP contribution >= 0.6 is 0 Å². The lowest BCUT2D eigenvalue weighted by Gasteiger charge is -2.40. The lowest BCUT2D eigenvalue weighted by molar-refractivity contribution is -0.385. The van der Waals surface area contributed by atoms with Crippen molar-refractivity contribution in [3.05, 3.63) is 28.3 Å². The molecule has 110 valence electrons. The van der Waals surface area contributed by atoms with Crippen LogP contribution in [-0.2, 0) is 10.8 Å². The SMILES string of the molecule is COc1cc(NCC2(S(C)=O)CCC2)ccc1[N+](=O)[O-]. The van der Waals surface area contributed by atoms with E-state index in [1.165, 1.54) is 13.2 Å². The van der Waals surface area contributed by atoms with E-state index >= 15 is 0 Å². The van der Waals surface area contributed by atoms with E-state index in [1.54, 1.807) is 18.4 Å². The summed E-state index contributed by atoms with van der Waals surface area (Å²) in [5.41, 5.74) is 0.680. The number of benzene rings is 1. The number of methoxy groups -OCH3 is 1. The molecule has 20 heavy (non-hydrogen) atoms. The van der Waals surface area contributed by atoms with E-state index in [0.717, 1.165) is 24.9 Å². The summed E-state index contributed by atoms with van der Waals surface area (Å²) in [6.45, 7) is 0.608. The molecule has 1 unspecified atom stereocenters. The van der Waals surface area contributed by atoms with E-state index in [1.807, 2.05) is 0 Å². The van der Waals surface area contributed by atoms with E-state index in [4.69, 9.17) is 4.74 Å². The van der Waals surface area contributed by atoms with Gasteiger partial charge in [0.2, 0.25) is 0 Å². The minimum atomic E-state index is -0.877. The molecule has 0 amide bonds. The van der Waals surface area contributed by atoms with Crippen LogP contribution in [0.15, 0.2) is 18.2 Å². The van der Waals surface area contributed by atoms with Crippen molar-refractivity contribution in [3.63, 3.8) is 0 Å². The van der Waals surface area contributed by atoms with Gasteiger partial charge in [0.15, 0.2) is 5.75 Å². The maximum absolute atomic E-state index is 11.8. The molecule has 1 fully saturated rings. The lowest BCUT2D eigenvalue weighted by atomic mass is 9.84. The Hall–Kier alpha value is -1.63. The molecule has 0 aliphatic heterocycles. The quantitative estimate of drug-likeness (QED) is 0.644. The molecular weight excluding hydrogens is 280 g/mol. The second-order valence-corrected chi connectivity index (χ2v) is 6.76. The third-order valence-corrected chi connectivity index (χ3v) is 5.64. The molecule has 1 aromatic carbocycles. The number of anilines is 1. The zero-order valence-electron chi connectivity index (χ0n) is 11.5. The molecule has 1 aliphatic carbocycles. The molecule has 0 radical (unpaired) electrons. The van der Waals surface area contributed by atoms with Crippen molar-refractivity contribution in [1.29, 1.82) is 0 Å². The van der Waals surface area contributed by atoms with Crippen LogP contribution < -0.4 is 10.1 Å². The summed E-state index contributed by atoms with van der Waals surface area (Å²) < 4.78 is 16.7. The molecule has 6 nitrogen and oxygen atoms in total. The number of nitrogens with zero attached hydrogens (tertiary/aromatic N) is 1. The summed E-state index contributed by atoms with van der Waals surface area (Å²) in [7, 11) is 0.527. The van der Waals surface area contributed by atoms with E-state index in [2.05, 4.69) is 5.32 Å². The number of hydrogen-bond donors (Lipinski definition) is 1. The van der Waals surface area contributed by atoms with Crippen molar-refractivity contribution in [2.24, 2.45) is 0 Å². The van der Waals surface area contributed by atoms with Gasteiger partial charge >= 0.3 is 5.69 Å². The van der Waals surface area contributed by atoms with Gasteiger partial charge < -0.3 is 10.1 Å². The lowest BCUT2D eigenvalue weighted by Crippen LogP contribution is -2.47. The number of rotatable bonds is 6. The molecule has 0 heterocycles. The van der Waals surface area contributed by atoms with Gasteiger partial charge in [0.25, 0.3) is 0 Å². The van der Waals surface area contributed by atoms with Gasteiger partial charge in [0.1, 0.15) is 0 Å². The van der Waals surface area contributed by atoms with Crippen LogP contribution in [0.4, 0.5) is 11.4 Å². The second kappa shape index (κ2) is 5.78. The number of hydrogen-bond acceptors (Lipinski definition) is 5. The van der Waals surface area contributed by atoms with Crippen molar-refractivity contribution in [2.75, 3.05) is 25.2 Å². The van der Waals surface area contributed by atoms with Crippen molar-refractivity contribution in [3.8, 4) is 5.75 Å². The van der Waals surface area contributed by atoms with E-state index < -0.39 is 15.7 Å². The largest absolute Gasteiger partial charge is 0.490 e. The minimum absolute atomic E-state index is 0.0597. The fourth-order valence-electron chi connectivity index (χ4n) is 2.34. The van der Waals surface area contributed by atoms with Crippen LogP contribution in [-0.4, -0.2) is 33.8 Å². The monoisotopic (exact) mass is 298 g/mol. The Labute approximate surface area is 120 Å². The van der Waals surface area contributed by atoms with Gasteiger partial charge in [0, 0.05) is 41.4 Å². The smallest absolute Gasteiger partial charge is 0.311 e. The molecule has 0 aromatic heterocycles. The molecule has 1 N–H and O–H groups in total. The number of nitro groups is 1. The highest BCUT2D eigenvalue weighted by molar-refractivity contribution is 7.85. The summed E-state index contributed by atoms with van der Waals surface area (Å²) >= 11 is 0. The Kier molecular flexibility index (Phi) is 4.27. The van der Waals surface area contributed by atoms with E-state index in [9.17, 15) is 14.3 Å². The number of nitro benzene ring substituents is 1. The molecule has 1 saturated carbocycles. The Balaban J connectivity index is 2.10. The highest BCUT2D eigenvalue weighted by Gasteiger charge is 2.40. The summed E-state index contributed by atoms with van der Waals surface area (Å²) in [4.78, 5) is 10.3. The molecule has 2 rings (SSSR count). The van der Waals surface area contributed by atoms with Gasteiger partial charge in [-0.2, -0.15) is 0 Å². The van der Waals surface area contributed by atoms with Crippen LogP contribution in [0.3, 0.4) is 0 Å². The Bertz CT molecular complexity index is 543. The van der Waals surface area contributed by atoms with Gasteiger partial charge in [-0.1, -0.05) is 6.42 Å². The topological polar surface area (TPSA) is 81.5 Å². The van der Waals surface area contributed by atoms with Crippen molar-refractivity contribution < 1.29 is 13.9 Å². The van der Waals surface area contributed by atoms with Crippen LogP contribution in [0.25, 0.3) is 0 Å². The van der Waals surface area contributed by atoms with Crippen LogP contribution in [0, 0.1) is 10.1 Å². The highest BCUT2D eigenvalue weighted by atomic mass is 32.2. The standard InChI is InChI=1S/C13H18N2O4S/c1-19-12-8-10(4-5-11(12)15(16)17)14-9-13(20(2)18)6-3-7-13/h4-5,8,14H,3,6-7,9H2,1-2H3. The third kappa shape index (κ3) is 2.77. The molecule has 7 heteroatoms. The maximum Gasteiger partial charge on any atom is 0.311 e. The average Bonchev–Trinajstić information content (AvgIpc) is 2.36. The molecule has 0 saturated heterocycles. The molecule has 1 atom stereocenters. The van der Waals surface area contributed by atoms with Gasteiger partial charge in [0.05, 0.1) is 16.8 Å². The molecule has 1 aliphatic rings.